The van der Waals surface area contributed by atoms with Gasteiger partial charge >= 0.3 is 5.97 Å². The Morgan fingerprint density at radius 2 is 2.00 bits per heavy atom. The number of nitrogens with zero attached hydrogens (tertiary/aromatic N) is 1. The first kappa shape index (κ1) is 14.7. The first-order valence-corrected chi connectivity index (χ1v) is 7.03. The molecule has 1 aliphatic heterocycles. The van der Waals surface area contributed by atoms with Gasteiger partial charge < -0.3 is 14.7 Å². The fraction of sp³-hybridized carbons (Fsp3) is 0.400. The molecule has 1 aliphatic rings. The smallest absolute Gasteiger partial charge is 0.352 e. The first-order valence-electron chi connectivity index (χ1n) is 6.65. The Bertz CT molecular complexity index is 581. The molecule has 1 aromatic rings. The number of hydrogen-bond acceptors (Lipinski definition) is 3. The number of rotatable bonds is 4. The van der Waals surface area contributed by atoms with Crippen LogP contribution in [0.15, 0.2) is 23.0 Å². The van der Waals surface area contributed by atoms with Crippen LogP contribution in [0.25, 0.3) is 0 Å². The maximum absolute atomic E-state index is 11.1. The van der Waals surface area contributed by atoms with E-state index in [1.54, 1.807) is 0 Å². The molecule has 0 bridgehead atoms. The third kappa shape index (κ3) is 2.61. The zero-order valence-electron chi connectivity index (χ0n) is 11.9. The second-order valence-electron chi connectivity index (χ2n) is 4.94. The summed E-state index contributed by atoms with van der Waals surface area (Å²) in [5.74, 6) is -0.296. The summed E-state index contributed by atoms with van der Waals surface area (Å²) >= 11 is 5.88. The monoisotopic (exact) mass is 295 g/mol. The fourth-order valence-corrected chi connectivity index (χ4v) is 2.27. The summed E-state index contributed by atoms with van der Waals surface area (Å²) in [5, 5.41) is 8.79. The van der Waals surface area contributed by atoms with Gasteiger partial charge in [-0.15, -0.1) is 0 Å². The zero-order valence-corrected chi connectivity index (χ0v) is 12.6. The van der Waals surface area contributed by atoms with Crippen molar-refractivity contribution in [3.05, 3.63) is 34.2 Å². The van der Waals surface area contributed by atoms with E-state index in [9.17, 15) is 4.79 Å². The lowest BCUT2D eigenvalue weighted by molar-refractivity contribution is -0.132. The average Bonchev–Trinajstić information content (AvgIpc) is 2.73. The molecule has 0 saturated carbocycles. The minimum Gasteiger partial charge on any atom is -0.477 e. The van der Waals surface area contributed by atoms with Gasteiger partial charge in [0.25, 0.3) is 0 Å². The van der Waals surface area contributed by atoms with Crippen LogP contribution in [0.5, 0.6) is 5.75 Å². The fourth-order valence-electron chi connectivity index (χ4n) is 2.13. The Kier molecular flexibility index (Phi) is 4.23. The number of carboxylic acids is 1. The highest BCUT2D eigenvalue weighted by Gasteiger charge is 2.31. The van der Waals surface area contributed by atoms with E-state index in [4.69, 9.17) is 21.4 Å². The summed E-state index contributed by atoms with van der Waals surface area (Å²) < 4.78 is 5.67. The van der Waals surface area contributed by atoms with Crippen molar-refractivity contribution in [2.75, 3.05) is 11.4 Å². The van der Waals surface area contributed by atoms with Crippen LogP contribution in [0.4, 0.5) is 5.69 Å². The van der Waals surface area contributed by atoms with Gasteiger partial charge in [0, 0.05) is 6.54 Å². The quantitative estimate of drug-likeness (QED) is 0.859. The molecular formula is C15H18ClNO3. The standard InChI is InChI=1S/C15H18ClNO3/c1-4-5-6-17-11-7-9(2)10(3)8-12(11)20-14(17)13(16)15(18)19/h7-8H,4-6H2,1-3H3,(H,18,19). The van der Waals surface area contributed by atoms with Crippen LogP contribution >= 0.6 is 11.6 Å². The van der Waals surface area contributed by atoms with Gasteiger partial charge in [-0.2, -0.15) is 0 Å². The molecule has 0 saturated heterocycles. The van der Waals surface area contributed by atoms with E-state index < -0.39 is 5.97 Å². The zero-order chi connectivity index (χ0) is 14.9. The van der Waals surface area contributed by atoms with Gasteiger partial charge in [0.2, 0.25) is 5.88 Å². The van der Waals surface area contributed by atoms with Crippen molar-refractivity contribution >= 4 is 23.3 Å². The van der Waals surface area contributed by atoms with Crippen LogP contribution < -0.4 is 9.64 Å². The molecule has 1 N–H and O–H groups in total. The molecule has 0 amide bonds. The molecule has 5 heteroatoms. The minimum absolute atomic E-state index is 0.215. The number of halogens is 1. The van der Waals surface area contributed by atoms with Gasteiger partial charge in [0.1, 0.15) is 0 Å². The van der Waals surface area contributed by atoms with Gasteiger partial charge in [-0.3, -0.25) is 0 Å². The number of anilines is 1. The topological polar surface area (TPSA) is 49.8 Å². The molecule has 1 heterocycles. The molecule has 0 atom stereocenters. The predicted octanol–water partition coefficient (Wildman–Crippen LogP) is 3.79. The van der Waals surface area contributed by atoms with Crippen molar-refractivity contribution < 1.29 is 14.6 Å². The van der Waals surface area contributed by atoms with Gasteiger partial charge in [-0.25, -0.2) is 4.79 Å². The van der Waals surface area contributed by atoms with E-state index >= 15 is 0 Å². The number of aliphatic carboxylic acids is 1. The van der Waals surface area contributed by atoms with Gasteiger partial charge in [0.05, 0.1) is 5.69 Å². The Labute approximate surface area is 123 Å². The molecule has 20 heavy (non-hydrogen) atoms. The molecule has 2 rings (SSSR count). The van der Waals surface area contributed by atoms with Crippen LogP contribution in [-0.2, 0) is 4.79 Å². The summed E-state index contributed by atoms with van der Waals surface area (Å²) in [6, 6.07) is 3.93. The lowest BCUT2D eigenvalue weighted by Crippen LogP contribution is -2.24. The molecule has 1 aromatic carbocycles. The highest BCUT2D eigenvalue weighted by molar-refractivity contribution is 6.41. The minimum atomic E-state index is -1.18. The number of hydrogen-bond donors (Lipinski definition) is 1. The molecule has 0 radical (unpaired) electrons. The lowest BCUT2D eigenvalue weighted by Gasteiger charge is -2.18. The Morgan fingerprint density at radius 3 is 2.60 bits per heavy atom. The number of carbonyl (C=O) groups is 1. The molecule has 108 valence electrons. The number of carboxylic acid groups (broad SMARTS) is 1. The van der Waals surface area contributed by atoms with Crippen LogP contribution in [0, 0.1) is 13.8 Å². The van der Waals surface area contributed by atoms with E-state index in [1.807, 2.05) is 30.9 Å². The highest BCUT2D eigenvalue weighted by Crippen LogP contribution is 2.42. The Morgan fingerprint density at radius 1 is 1.35 bits per heavy atom. The summed E-state index contributed by atoms with van der Waals surface area (Å²) in [4.78, 5) is 12.9. The highest BCUT2D eigenvalue weighted by atomic mass is 35.5. The van der Waals surface area contributed by atoms with Gasteiger partial charge in [-0.05, 0) is 43.5 Å². The first-order chi connectivity index (χ1) is 9.45. The van der Waals surface area contributed by atoms with Crippen LogP contribution in [-0.4, -0.2) is 17.6 Å². The average molecular weight is 296 g/mol. The number of aryl methyl sites for hydroxylation is 2. The van der Waals surface area contributed by atoms with E-state index in [0.29, 0.717) is 12.3 Å². The molecule has 0 aromatic heterocycles. The van der Waals surface area contributed by atoms with Crippen molar-refractivity contribution in [2.24, 2.45) is 0 Å². The second kappa shape index (κ2) is 5.75. The van der Waals surface area contributed by atoms with E-state index in [-0.39, 0.29) is 10.9 Å². The molecule has 0 unspecified atom stereocenters. The third-order valence-electron chi connectivity index (χ3n) is 3.43. The maximum atomic E-state index is 11.1. The summed E-state index contributed by atoms with van der Waals surface area (Å²) in [6.07, 6.45) is 1.94. The van der Waals surface area contributed by atoms with Crippen LogP contribution in [0.3, 0.4) is 0 Å². The molecule has 0 spiro atoms. The molecule has 0 fully saturated rings. The Balaban J connectivity index is 2.49. The Hall–Kier alpha value is -1.68. The van der Waals surface area contributed by atoms with Gasteiger partial charge in [0.15, 0.2) is 10.8 Å². The maximum Gasteiger partial charge on any atom is 0.352 e. The number of benzene rings is 1. The van der Waals surface area contributed by atoms with Crippen LogP contribution in [0.2, 0.25) is 0 Å². The largest absolute Gasteiger partial charge is 0.477 e. The van der Waals surface area contributed by atoms with Crippen molar-refractivity contribution in [3.63, 3.8) is 0 Å². The lowest BCUT2D eigenvalue weighted by atomic mass is 10.1. The summed E-state index contributed by atoms with van der Waals surface area (Å²) in [7, 11) is 0. The SMILES string of the molecule is CCCCN1C(=C(Cl)C(=O)O)Oc2cc(C)c(C)cc21. The van der Waals surface area contributed by atoms with Crippen molar-refractivity contribution in [3.8, 4) is 5.75 Å². The van der Waals surface area contributed by atoms with E-state index in [1.165, 1.54) is 0 Å². The number of fused-ring (bicyclic) bond motifs is 1. The molecule has 0 aliphatic carbocycles. The third-order valence-corrected chi connectivity index (χ3v) is 3.75. The molecule has 4 nitrogen and oxygen atoms in total. The number of unbranched alkanes of at least 4 members (excludes halogenated alkanes) is 1. The van der Waals surface area contributed by atoms with Crippen molar-refractivity contribution in [1.82, 2.24) is 0 Å². The molecular weight excluding hydrogens is 278 g/mol. The second-order valence-corrected chi connectivity index (χ2v) is 5.31. The van der Waals surface area contributed by atoms with E-state index in [2.05, 4.69) is 6.92 Å². The number of ether oxygens (including phenoxy) is 1. The predicted molar refractivity (Wildman–Crippen MR) is 79.3 cm³/mol. The van der Waals surface area contributed by atoms with Crippen molar-refractivity contribution in [2.45, 2.75) is 33.6 Å². The summed E-state index contributed by atoms with van der Waals surface area (Å²) in [5.41, 5.74) is 3.13. The van der Waals surface area contributed by atoms with E-state index in [0.717, 1.165) is 29.7 Å². The van der Waals surface area contributed by atoms with Gasteiger partial charge in [-0.1, -0.05) is 24.9 Å². The van der Waals surface area contributed by atoms with Crippen molar-refractivity contribution in [1.29, 1.82) is 0 Å². The summed E-state index contributed by atoms with van der Waals surface area (Å²) in [6.45, 7) is 6.79. The normalized spacial score (nSPS) is 15.9. The van der Waals surface area contributed by atoms with Crippen LogP contribution in [0.1, 0.15) is 30.9 Å².